The van der Waals surface area contributed by atoms with Crippen LogP contribution in [0.15, 0.2) is 18.2 Å². The predicted molar refractivity (Wildman–Crippen MR) is 79.5 cm³/mol. The third-order valence-corrected chi connectivity index (χ3v) is 3.09. The zero-order valence-corrected chi connectivity index (χ0v) is 12.5. The average molecular weight is 301 g/mol. The standard InChI is InChI=1S/C14H20N2O3.ClH/c1-9(2)14(16-13(17)8-15)10-3-4-11-12(7-10)19-6-5-18-11;/h3-4,7,9,14H,5-6,8,15H2,1-2H3,(H,16,17);1H. The van der Waals surface area contributed by atoms with Crippen LogP contribution in [0, 0.1) is 5.92 Å². The molecule has 6 heteroatoms. The maximum atomic E-state index is 11.5. The van der Waals surface area contributed by atoms with Gasteiger partial charge < -0.3 is 20.5 Å². The summed E-state index contributed by atoms with van der Waals surface area (Å²) >= 11 is 0. The molecule has 20 heavy (non-hydrogen) atoms. The molecule has 0 radical (unpaired) electrons. The van der Waals surface area contributed by atoms with Crippen LogP contribution in [0.3, 0.4) is 0 Å². The molecule has 1 aliphatic rings. The molecule has 1 heterocycles. The average Bonchev–Trinajstić information content (AvgIpc) is 2.43. The first-order valence-electron chi connectivity index (χ1n) is 6.50. The number of carbonyl (C=O) groups excluding carboxylic acids is 1. The van der Waals surface area contributed by atoms with Gasteiger partial charge in [-0.1, -0.05) is 19.9 Å². The van der Waals surface area contributed by atoms with E-state index in [2.05, 4.69) is 19.2 Å². The highest BCUT2D eigenvalue weighted by atomic mass is 35.5. The Labute approximate surface area is 125 Å². The molecule has 3 N–H and O–H groups in total. The van der Waals surface area contributed by atoms with Crippen LogP contribution in [0.1, 0.15) is 25.5 Å². The number of rotatable bonds is 4. The van der Waals surface area contributed by atoms with Gasteiger partial charge in [-0.2, -0.15) is 0 Å². The molecule has 1 aliphatic heterocycles. The Morgan fingerprint density at radius 2 is 1.95 bits per heavy atom. The van der Waals surface area contributed by atoms with Crippen molar-refractivity contribution < 1.29 is 14.3 Å². The summed E-state index contributed by atoms with van der Waals surface area (Å²) in [5.74, 6) is 1.59. The highest BCUT2D eigenvalue weighted by Crippen LogP contribution is 2.34. The Hall–Kier alpha value is -1.46. The molecule has 0 saturated carbocycles. The summed E-state index contributed by atoms with van der Waals surface area (Å²) in [6.45, 7) is 5.23. The van der Waals surface area contributed by atoms with Crippen molar-refractivity contribution in [3.63, 3.8) is 0 Å². The molecule has 5 nitrogen and oxygen atoms in total. The highest BCUT2D eigenvalue weighted by molar-refractivity contribution is 5.85. The first kappa shape index (κ1) is 16.6. The summed E-state index contributed by atoms with van der Waals surface area (Å²) in [5.41, 5.74) is 6.35. The zero-order chi connectivity index (χ0) is 13.8. The summed E-state index contributed by atoms with van der Waals surface area (Å²) < 4.78 is 11.1. The summed E-state index contributed by atoms with van der Waals surface area (Å²) in [5, 5.41) is 2.93. The van der Waals surface area contributed by atoms with E-state index < -0.39 is 0 Å². The van der Waals surface area contributed by atoms with Crippen LogP contribution in [0.5, 0.6) is 11.5 Å². The molecule has 0 saturated heterocycles. The minimum atomic E-state index is -0.159. The van der Waals surface area contributed by atoms with Crippen molar-refractivity contribution in [2.45, 2.75) is 19.9 Å². The van der Waals surface area contributed by atoms with Crippen molar-refractivity contribution in [2.24, 2.45) is 11.7 Å². The number of nitrogens with two attached hydrogens (primary N) is 1. The molecule has 112 valence electrons. The number of ether oxygens (including phenoxy) is 2. The molecule has 0 bridgehead atoms. The van der Waals surface area contributed by atoms with Crippen LogP contribution in [0.25, 0.3) is 0 Å². The number of nitrogens with one attached hydrogen (secondary N) is 1. The summed E-state index contributed by atoms with van der Waals surface area (Å²) in [6, 6.07) is 5.69. The Morgan fingerprint density at radius 3 is 2.55 bits per heavy atom. The van der Waals surface area contributed by atoms with Crippen molar-refractivity contribution >= 4 is 18.3 Å². The molecule has 0 aliphatic carbocycles. The second-order valence-corrected chi connectivity index (χ2v) is 4.90. The van der Waals surface area contributed by atoms with Gasteiger partial charge >= 0.3 is 0 Å². The first-order valence-corrected chi connectivity index (χ1v) is 6.50. The molecule has 1 atom stereocenters. The lowest BCUT2D eigenvalue weighted by molar-refractivity contribution is -0.120. The van der Waals surface area contributed by atoms with Gasteiger partial charge in [0.2, 0.25) is 5.91 Å². The van der Waals surface area contributed by atoms with E-state index in [-0.39, 0.29) is 36.8 Å². The number of hydrogen-bond acceptors (Lipinski definition) is 4. The fraction of sp³-hybridized carbons (Fsp3) is 0.500. The van der Waals surface area contributed by atoms with Crippen molar-refractivity contribution in [3.8, 4) is 11.5 Å². The maximum Gasteiger partial charge on any atom is 0.234 e. The molecule has 2 rings (SSSR count). The van der Waals surface area contributed by atoms with Gasteiger partial charge in [0.05, 0.1) is 12.6 Å². The number of fused-ring (bicyclic) bond motifs is 1. The summed E-state index contributed by atoms with van der Waals surface area (Å²) in [4.78, 5) is 11.5. The topological polar surface area (TPSA) is 73.6 Å². The minimum Gasteiger partial charge on any atom is -0.486 e. The summed E-state index contributed by atoms with van der Waals surface area (Å²) in [7, 11) is 0. The SMILES string of the molecule is CC(C)C(NC(=O)CN)c1ccc2c(c1)OCCO2.Cl. The van der Waals surface area contributed by atoms with Gasteiger partial charge in [0.1, 0.15) is 13.2 Å². The molecule has 0 fully saturated rings. The number of hydrogen-bond donors (Lipinski definition) is 2. The lowest BCUT2D eigenvalue weighted by Crippen LogP contribution is -2.36. The summed E-state index contributed by atoms with van der Waals surface area (Å²) in [6.07, 6.45) is 0. The second kappa shape index (κ2) is 7.36. The van der Waals surface area contributed by atoms with E-state index in [0.717, 1.165) is 17.1 Å². The third kappa shape index (κ3) is 3.77. The van der Waals surface area contributed by atoms with Crippen molar-refractivity contribution in [1.29, 1.82) is 0 Å². The Balaban J connectivity index is 0.00000200. The molecule has 0 aromatic heterocycles. The van der Waals surface area contributed by atoms with Gasteiger partial charge in [-0.3, -0.25) is 4.79 Å². The number of amides is 1. The van der Waals surface area contributed by atoms with E-state index in [1.165, 1.54) is 0 Å². The van der Waals surface area contributed by atoms with Crippen LogP contribution in [0.2, 0.25) is 0 Å². The lowest BCUT2D eigenvalue weighted by Gasteiger charge is -2.25. The van der Waals surface area contributed by atoms with Gasteiger partial charge in [-0.25, -0.2) is 0 Å². The lowest BCUT2D eigenvalue weighted by atomic mass is 9.95. The van der Waals surface area contributed by atoms with Gasteiger partial charge in [-0.05, 0) is 23.6 Å². The van der Waals surface area contributed by atoms with E-state index in [4.69, 9.17) is 15.2 Å². The fourth-order valence-corrected chi connectivity index (χ4v) is 2.12. The van der Waals surface area contributed by atoms with E-state index >= 15 is 0 Å². The Morgan fingerprint density at radius 1 is 1.30 bits per heavy atom. The van der Waals surface area contributed by atoms with E-state index in [9.17, 15) is 4.79 Å². The molecule has 1 unspecified atom stereocenters. The van der Waals surface area contributed by atoms with Gasteiger partial charge in [-0.15, -0.1) is 12.4 Å². The number of benzene rings is 1. The van der Waals surface area contributed by atoms with Gasteiger partial charge in [0.25, 0.3) is 0 Å². The third-order valence-electron chi connectivity index (χ3n) is 3.09. The van der Waals surface area contributed by atoms with Crippen LogP contribution < -0.4 is 20.5 Å². The molecule has 0 spiro atoms. The highest BCUT2D eigenvalue weighted by Gasteiger charge is 2.20. The number of halogens is 1. The second-order valence-electron chi connectivity index (χ2n) is 4.90. The molecular formula is C14H21ClN2O3. The smallest absolute Gasteiger partial charge is 0.234 e. The van der Waals surface area contributed by atoms with Gasteiger partial charge in [0, 0.05) is 0 Å². The maximum absolute atomic E-state index is 11.5. The van der Waals surface area contributed by atoms with Crippen molar-refractivity contribution in [3.05, 3.63) is 23.8 Å². The fourth-order valence-electron chi connectivity index (χ4n) is 2.12. The number of carbonyl (C=O) groups is 1. The molecular weight excluding hydrogens is 280 g/mol. The molecule has 1 amide bonds. The monoisotopic (exact) mass is 300 g/mol. The molecule has 1 aromatic rings. The molecule has 1 aromatic carbocycles. The minimum absolute atomic E-state index is 0. The Kier molecular flexibility index (Phi) is 6.10. The van der Waals surface area contributed by atoms with Crippen LogP contribution >= 0.6 is 12.4 Å². The van der Waals surface area contributed by atoms with Crippen LogP contribution in [0.4, 0.5) is 0 Å². The van der Waals surface area contributed by atoms with Gasteiger partial charge in [0.15, 0.2) is 11.5 Å². The van der Waals surface area contributed by atoms with Crippen molar-refractivity contribution in [2.75, 3.05) is 19.8 Å². The van der Waals surface area contributed by atoms with Crippen LogP contribution in [-0.4, -0.2) is 25.7 Å². The van der Waals surface area contributed by atoms with Crippen molar-refractivity contribution in [1.82, 2.24) is 5.32 Å². The van der Waals surface area contributed by atoms with E-state index in [1.807, 2.05) is 18.2 Å². The predicted octanol–water partition coefficient (Wildman–Crippen LogP) is 1.65. The first-order chi connectivity index (χ1) is 9.11. The van der Waals surface area contributed by atoms with E-state index in [0.29, 0.717) is 13.2 Å². The van der Waals surface area contributed by atoms with E-state index in [1.54, 1.807) is 0 Å². The zero-order valence-electron chi connectivity index (χ0n) is 11.7. The quantitative estimate of drug-likeness (QED) is 0.887. The normalized spacial score (nSPS) is 14.4. The van der Waals surface area contributed by atoms with Crippen LogP contribution in [-0.2, 0) is 4.79 Å². The largest absolute Gasteiger partial charge is 0.486 e. The Bertz CT molecular complexity index is 466.